The van der Waals surface area contributed by atoms with Crippen LogP contribution in [0.3, 0.4) is 0 Å². The van der Waals surface area contributed by atoms with E-state index in [0.29, 0.717) is 40.2 Å². The summed E-state index contributed by atoms with van der Waals surface area (Å²) in [6, 6.07) is 8.69. The Balaban J connectivity index is 2.30. The number of unbranched alkanes of at least 4 members (excludes halogenated alkanes) is 1. The Morgan fingerprint density at radius 1 is 1.06 bits per heavy atom. The zero-order chi connectivity index (χ0) is 22.5. The number of aryl methyl sites for hydroxylation is 1. The van der Waals surface area contributed by atoms with Gasteiger partial charge >= 0.3 is 0 Å². The van der Waals surface area contributed by atoms with E-state index in [2.05, 4.69) is 5.32 Å². The molecule has 1 heterocycles. The molecule has 0 aliphatic rings. The van der Waals surface area contributed by atoms with Crippen LogP contribution in [0.4, 0.5) is 5.88 Å². The molecule has 0 saturated heterocycles. The van der Waals surface area contributed by atoms with Crippen LogP contribution in [-0.2, 0) is 4.79 Å². The first-order valence-corrected chi connectivity index (χ1v) is 10.1. The molecule has 0 aliphatic heterocycles. The van der Waals surface area contributed by atoms with Gasteiger partial charge in [-0.15, -0.1) is 0 Å². The third kappa shape index (κ3) is 4.35. The summed E-state index contributed by atoms with van der Waals surface area (Å²) in [6.45, 7) is 3.86. The minimum absolute atomic E-state index is 0.0992. The quantitative estimate of drug-likeness (QED) is 0.551. The Morgan fingerprint density at radius 2 is 1.74 bits per heavy atom. The van der Waals surface area contributed by atoms with Gasteiger partial charge in [0.15, 0.2) is 11.5 Å². The van der Waals surface area contributed by atoms with Crippen LogP contribution < -0.4 is 25.0 Å². The van der Waals surface area contributed by atoms with E-state index in [4.69, 9.17) is 18.6 Å². The molecule has 0 unspecified atom stereocenters. The van der Waals surface area contributed by atoms with Crippen LogP contribution in [0.2, 0.25) is 0 Å². The van der Waals surface area contributed by atoms with Crippen LogP contribution in [0.5, 0.6) is 17.2 Å². The number of amides is 1. The molecule has 0 aliphatic carbocycles. The van der Waals surface area contributed by atoms with Crippen molar-refractivity contribution in [1.29, 1.82) is 0 Å². The lowest BCUT2D eigenvalue weighted by molar-refractivity contribution is -0.116. The van der Waals surface area contributed by atoms with Crippen LogP contribution in [0.25, 0.3) is 22.1 Å². The largest absolute Gasteiger partial charge is 0.493 e. The zero-order valence-corrected chi connectivity index (χ0v) is 18.5. The highest BCUT2D eigenvalue weighted by Gasteiger charge is 2.22. The summed E-state index contributed by atoms with van der Waals surface area (Å²) in [6.07, 6.45) is 1.96. The van der Waals surface area contributed by atoms with Crippen molar-refractivity contribution in [3.63, 3.8) is 0 Å². The first-order chi connectivity index (χ1) is 14.9. The van der Waals surface area contributed by atoms with Crippen LogP contribution in [0, 0.1) is 6.92 Å². The number of methoxy groups -OCH3 is 3. The number of carbonyl (C=O) groups excluding carboxylic acids is 1. The Kier molecular flexibility index (Phi) is 6.84. The molecule has 0 spiro atoms. The number of ether oxygens (including phenoxy) is 3. The van der Waals surface area contributed by atoms with Gasteiger partial charge in [0.2, 0.25) is 23.0 Å². The second kappa shape index (κ2) is 9.55. The topological polar surface area (TPSA) is 87.0 Å². The van der Waals surface area contributed by atoms with Gasteiger partial charge in [0, 0.05) is 6.42 Å². The van der Waals surface area contributed by atoms with Gasteiger partial charge in [-0.3, -0.25) is 14.9 Å². The number of rotatable bonds is 8. The van der Waals surface area contributed by atoms with E-state index in [0.717, 1.165) is 18.4 Å². The Bertz CT molecular complexity index is 1140. The monoisotopic (exact) mass is 425 g/mol. The van der Waals surface area contributed by atoms with E-state index < -0.39 is 0 Å². The number of hydrogen-bond donors (Lipinski definition) is 1. The van der Waals surface area contributed by atoms with Crippen molar-refractivity contribution in [3.8, 4) is 28.4 Å². The standard InChI is InChI=1S/C24H27NO6/c1-6-7-11-19(26)25-24-20(21(27)16-10-8-9-14(2)22(16)31-24)15-12-17(28-3)23(30-5)18(13-15)29-4/h8-10,12-13H,6-7,11H2,1-5H3,(H,25,26). The van der Waals surface area contributed by atoms with Crippen molar-refractivity contribution in [1.82, 2.24) is 0 Å². The number of carbonyl (C=O) groups is 1. The summed E-state index contributed by atoms with van der Waals surface area (Å²) in [4.78, 5) is 26.0. The lowest BCUT2D eigenvalue weighted by Crippen LogP contribution is -2.16. The number of hydrogen-bond acceptors (Lipinski definition) is 6. The lowest BCUT2D eigenvalue weighted by atomic mass is 10.0. The van der Waals surface area contributed by atoms with Crippen molar-refractivity contribution in [2.24, 2.45) is 0 Å². The predicted octanol–water partition coefficient (Wildman–Crippen LogP) is 4.92. The maximum atomic E-state index is 13.5. The molecule has 2 aromatic carbocycles. The lowest BCUT2D eigenvalue weighted by Gasteiger charge is -2.16. The predicted molar refractivity (Wildman–Crippen MR) is 120 cm³/mol. The second-order valence-corrected chi connectivity index (χ2v) is 7.15. The Hall–Kier alpha value is -3.48. The molecule has 31 heavy (non-hydrogen) atoms. The van der Waals surface area contributed by atoms with Crippen molar-refractivity contribution in [2.75, 3.05) is 26.6 Å². The summed E-state index contributed by atoms with van der Waals surface area (Å²) >= 11 is 0. The maximum absolute atomic E-state index is 13.5. The highest BCUT2D eigenvalue weighted by Crippen LogP contribution is 2.42. The molecular formula is C24H27NO6. The van der Waals surface area contributed by atoms with E-state index in [1.165, 1.54) is 21.3 Å². The highest BCUT2D eigenvalue weighted by molar-refractivity contribution is 5.97. The van der Waals surface area contributed by atoms with Crippen LogP contribution in [0.1, 0.15) is 31.7 Å². The van der Waals surface area contributed by atoms with E-state index in [9.17, 15) is 9.59 Å². The molecule has 3 aromatic rings. The number of benzene rings is 2. The third-order valence-corrected chi connectivity index (χ3v) is 5.08. The fourth-order valence-electron chi connectivity index (χ4n) is 3.46. The summed E-state index contributed by atoms with van der Waals surface area (Å²) in [5.74, 6) is 1.07. The van der Waals surface area contributed by atoms with E-state index in [1.54, 1.807) is 24.3 Å². The Morgan fingerprint density at radius 3 is 2.32 bits per heavy atom. The van der Waals surface area contributed by atoms with Crippen LogP contribution in [-0.4, -0.2) is 27.2 Å². The summed E-state index contributed by atoms with van der Waals surface area (Å²) in [5.41, 5.74) is 1.69. The molecule has 0 radical (unpaired) electrons. The average Bonchev–Trinajstić information content (AvgIpc) is 2.77. The maximum Gasteiger partial charge on any atom is 0.226 e. The molecule has 0 saturated carbocycles. The van der Waals surface area contributed by atoms with Gasteiger partial charge in [-0.1, -0.05) is 25.5 Å². The van der Waals surface area contributed by atoms with E-state index in [-0.39, 0.29) is 22.8 Å². The second-order valence-electron chi connectivity index (χ2n) is 7.15. The fourth-order valence-corrected chi connectivity index (χ4v) is 3.46. The molecule has 7 heteroatoms. The molecule has 1 N–H and O–H groups in total. The minimum atomic E-state index is -0.259. The van der Waals surface area contributed by atoms with Crippen LogP contribution in [0.15, 0.2) is 39.5 Å². The van der Waals surface area contributed by atoms with Crippen molar-refractivity contribution in [3.05, 3.63) is 46.1 Å². The zero-order valence-electron chi connectivity index (χ0n) is 18.5. The number of fused-ring (bicyclic) bond motifs is 1. The molecule has 0 atom stereocenters. The number of para-hydroxylation sites is 1. The molecule has 1 aromatic heterocycles. The van der Waals surface area contributed by atoms with Crippen LogP contribution >= 0.6 is 0 Å². The molecule has 0 bridgehead atoms. The number of anilines is 1. The highest BCUT2D eigenvalue weighted by atomic mass is 16.5. The van der Waals surface area contributed by atoms with Gasteiger partial charge in [0.05, 0.1) is 32.3 Å². The van der Waals surface area contributed by atoms with Crippen molar-refractivity contribution < 1.29 is 23.4 Å². The molecular weight excluding hydrogens is 398 g/mol. The van der Waals surface area contributed by atoms with Gasteiger partial charge in [-0.05, 0) is 42.7 Å². The molecule has 0 fully saturated rings. The normalized spacial score (nSPS) is 10.7. The van der Waals surface area contributed by atoms with Gasteiger partial charge in [0.25, 0.3) is 0 Å². The number of nitrogens with one attached hydrogen (secondary N) is 1. The molecule has 1 amide bonds. The van der Waals surface area contributed by atoms with Gasteiger partial charge in [-0.2, -0.15) is 0 Å². The van der Waals surface area contributed by atoms with Gasteiger partial charge < -0.3 is 18.6 Å². The third-order valence-electron chi connectivity index (χ3n) is 5.08. The molecule has 164 valence electrons. The van der Waals surface area contributed by atoms with Crippen molar-refractivity contribution >= 4 is 22.8 Å². The molecule has 3 rings (SSSR count). The minimum Gasteiger partial charge on any atom is -0.493 e. The summed E-state index contributed by atoms with van der Waals surface area (Å²) in [5, 5.41) is 3.22. The van der Waals surface area contributed by atoms with Crippen molar-refractivity contribution in [2.45, 2.75) is 33.1 Å². The van der Waals surface area contributed by atoms with E-state index >= 15 is 0 Å². The Labute approximate surface area is 180 Å². The first kappa shape index (κ1) is 22.2. The fraction of sp³-hybridized carbons (Fsp3) is 0.333. The summed E-state index contributed by atoms with van der Waals surface area (Å²) in [7, 11) is 4.51. The molecule has 7 nitrogen and oxygen atoms in total. The smallest absolute Gasteiger partial charge is 0.226 e. The summed E-state index contributed by atoms with van der Waals surface area (Å²) < 4.78 is 22.3. The van der Waals surface area contributed by atoms with Gasteiger partial charge in [0.1, 0.15) is 5.58 Å². The SMILES string of the molecule is CCCCC(=O)Nc1oc2c(C)cccc2c(=O)c1-c1cc(OC)c(OC)c(OC)c1. The van der Waals surface area contributed by atoms with E-state index in [1.807, 2.05) is 19.9 Å². The average molecular weight is 425 g/mol. The first-order valence-electron chi connectivity index (χ1n) is 10.1. The van der Waals surface area contributed by atoms with Gasteiger partial charge in [-0.25, -0.2) is 0 Å².